The van der Waals surface area contributed by atoms with Crippen molar-refractivity contribution < 1.29 is 9.53 Å². The fraction of sp³-hybridized carbons (Fsp3) is 0.350. The van der Waals surface area contributed by atoms with Crippen LogP contribution in [0.15, 0.2) is 36.5 Å². The molecule has 6 heteroatoms. The van der Waals surface area contributed by atoms with Crippen molar-refractivity contribution in [3.8, 4) is 0 Å². The lowest BCUT2D eigenvalue weighted by atomic mass is 10.1. The van der Waals surface area contributed by atoms with E-state index in [4.69, 9.17) is 4.74 Å². The van der Waals surface area contributed by atoms with Crippen LogP contribution >= 0.6 is 0 Å². The molecule has 0 aliphatic carbocycles. The van der Waals surface area contributed by atoms with E-state index in [1.54, 1.807) is 6.20 Å². The Labute approximate surface area is 152 Å². The van der Waals surface area contributed by atoms with Gasteiger partial charge in [-0.2, -0.15) is 0 Å². The molecule has 0 spiro atoms. The van der Waals surface area contributed by atoms with Gasteiger partial charge in [0.25, 0.3) is 5.91 Å². The molecule has 0 bridgehead atoms. The molecule has 1 saturated heterocycles. The first kappa shape index (κ1) is 16.7. The first-order chi connectivity index (χ1) is 12.6. The maximum Gasteiger partial charge on any atom is 0.256 e. The third-order valence-electron chi connectivity index (χ3n) is 5.09. The molecule has 0 radical (unpaired) electrons. The summed E-state index contributed by atoms with van der Waals surface area (Å²) in [6.45, 7) is 5.44. The van der Waals surface area contributed by atoms with Gasteiger partial charge < -0.3 is 14.2 Å². The van der Waals surface area contributed by atoms with E-state index >= 15 is 0 Å². The van der Waals surface area contributed by atoms with Gasteiger partial charge in [0.2, 0.25) is 0 Å². The number of aromatic nitrogens is 3. The summed E-state index contributed by atoms with van der Waals surface area (Å²) in [5, 5.41) is 0.999. The van der Waals surface area contributed by atoms with E-state index in [2.05, 4.69) is 14.5 Å². The normalized spacial score (nSPS) is 17.7. The van der Waals surface area contributed by atoms with Gasteiger partial charge >= 0.3 is 0 Å². The molecule has 1 fully saturated rings. The van der Waals surface area contributed by atoms with Gasteiger partial charge in [-0.3, -0.25) is 4.79 Å². The Morgan fingerprint density at radius 3 is 2.85 bits per heavy atom. The highest BCUT2D eigenvalue weighted by Crippen LogP contribution is 2.28. The van der Waals surface area contributed by atoms with Gasteiger partial charge in [-0.05, 0) is 26.0 Å². The molecule has 3 heterocycles. The molecule has 4 rings (SSSR count). The minimum absolute atomic E-state index is 0.0541. The summed E-state index contributed by atoms with van der Waals surface area (Å²) >= 11 is 0. The number of carbonyl (C=O) groups is 1. The molecule has 1 unspecified atom stereocenters. The number of amides is 1. The van der Waals surface area contributed by atoms with Gasteiger partial charge in [-0.1, -0.05) is 18.2 Å². The predicted molar refractivity (Wildman–Crippen MR) is 99.0 cm³/mol. The third-order valence-corrected chi connectivity index (χ3v) is 5.09. The van der Waals surface area contributed by atoms with Gasteiger partial charge in [0.1, 0.15) is 11.9 Å². The molecule has 0 saturated carbocycles. The summed E-state index contributed by atoms with van der Waals surface area (Å²) in [6.07, 6.45) is 1.51. The van der Waals surface area contributed by atoms with Crippen molar-refractivity contribution in [3.05, 3.63) is 59.3 Å². The van der Waals surface area contributed by atoms with Crippen molar-refractivity contribution in [2.24, 2.45) is 7.05 Å². The van der Waals surface area contributed by atoms with Crippen LogP contribution in [0.25, 0.3) is 10.9 Å². The van der Waals surface area contributed by atoms with Gasteiger partial charge in [0.05, 0.1) is 24.4 Å². The molecule has 1 aliphatic heterocycles. The SMILES string of the molecule is Cc1nccc(C2CN(C(=O)c3c(C)n(C)c4ccccc34)CCO2)n1. The maximum absolute atomic E-state index is 13.3. The van der Waals surface area contributed by atoms with E-state index < -0.39 is 0 Å². The molecule has 1 amide bonds. The number of para-hydroxylation sites is 1. The highest BCUT2D eigenvalue weighted by atomic mass is 16.5. The summed E-state index contributed by atoms with van der Waals surface area (Å²) in [5.41, 5.74) is 3.66. The fourth-order valence-corrected chi connectivity index (χ4v) is 3.62. The zero-order valence-electron chi connectivity index (χ0n) is 15.3. The van der Waals surface area contributed by atoms with Crippen molar-refractivity contribution in [3.63, 3.8) is 0 Å². The van der Waals surface area contributed by atoms with Crippen LogP contribution in [0, 0.1) is 13.8 Å². The number of aryl methyl sites for hydroxylation is 2. The van der Waals surface area contributed by atoms with Crippen molar-refractivity contribution in [1.82, 2.24) is 19.4 Å². The summed E-state index contributed by atoms with van der Waals surface area (Å²) in [5.74, 6) is 0.762. The monoisotopic (exact) mass is 350 g/mol. The first-order valence-corrected chi connectivity index (χ1v) is 8.80. The largest absolute Gasteiger partial charge is 0.368 e. The third kappa shape index (κ3) is 2.76. The Kier molecular flexibility index (Phi) is 4.20. The van der Waals surface area contributed by atoms with Crippen LogP contribution in [-0.2, 0) is 11.8 Å². The smallest absolute Gasteiger partial charge is 0.256 e. The number of hydrogen-bond donors (Lipinski definition) is 0. The van der Waals surface area contributed by atoms with Crippen molar-refractivity contribution in [2.75, 3.05) is 19.7 Å². The highest BCUT2D eigenvalue weighted by molar-refractivity contribution is 6.08. The Morgan fingerprint density at radius 2 is 2.04 bits per heavy atom. The van der Waals surface area contributed by atoms with Crippen LogP contribution in [0.2, 0.25) is 0 Å². The van der Waals surface area contributed by atoms with Crippen molar-refractivity contribution in [2.45, 2.75) is 20.0 Å². The molecular weight excluding hydrogens is 328 g/mol. The topological polar surface area (TPSA) is 60.2 Å². The number of hydrogen-bond acceptors (Lipinski definition) is 4. The molecule has 1 aliphatic rings. The number of morpholine rings is 1. The number of fused-ring (bicyclic) bond motifs is 1. The summed E-state index contributed by atoms with van der Waals surface area (Å²) < 4.78 is 7.95. The Balaban J connectivity index is 1.66. The van der Waals surface area contributed by atoms with Gasteiger partial charge in [0.15, 0.2) is 0 Å². The van der Waals surface area contributed by atoms with Gasteiger partial charge in [-0.25, -0.2) is 9.97 Å². The molecule has 0 N–H and O–H groups in total. The second kappa shape index (κ2) is 6.53. The maximum atomic E-state index is 13.3. The number of nitrogens with zero attached hydrogens (tertiary/aromatic N) is 4. The first-order valence-electron chi connectivity index (χ1n) is 8.80. The molecule has 2 aromatic heterocycles. The Morgan fingerprint density at radius 1 is 1.23 bits per heavy atom. The highest BCUT2D eigenvalue weighted by Gasteiger charge is 2.29. The van der Waals surface area contributed by atoms with Crippen LogP contribution in [0.1, 0.15) is 33.7 Å². The lowest BCUT2D eigenvalue weighted by Gasteiger charge is -2.32. The summed E-state index contributed by atoms with van der Waals surface area (Å²) in [4.78, 5) is 23.8. The lowest BCUT2D eigenvalue weighted by Crippen LogP contribution is -2.42. The molecular formula is C20H22N4O2. The van der Waals surface area contributed by atoms with Crippen molar-refractivity contribution in [1.29, 1.82) is 0 Å². The standard InChI is InChI=1S/C20H22N4O2/c1-13-19(15-6-4-5-7-17(15)23(13)3)20(25)24-10-11-26-18(12-24)16-8-9-21-14(2)22-16/h4-9,18H,10-12H2,1-3H3. The zero-order valence-corrected chi connectivity index (χ0v) is 15.3. The van der Waals surface area contributed by atoms with Crippen LogP contribution in [0.4, 0.5) is 0 Å². The fourth-order valence-electron chi connectivity index (χ4n) is 3.62. The number of benzene rings is 1. The zero-order chi connectivity index (χ0) is 18.3. The Bertz CT molecular complexity index is 979. The minimum atomic E-state index is -0.218. The quantitative estimate of drug-likeness (QED) is 0.713. The summed E-state index contributed by atoms with van der Waals surface area (Å²) in [6, 6.07) is 9.89. The van der Waals surface area contributed by atoms with E-state index in [1.807, 2.05) is 56.1 Å². The average molecular weight is 350 g/mol. The van der Waals surface area contributed by atoms with E-state index in [-0.39, 0.29) is 12.0 Å². The van der Waals surface area contributed by atoms with Gasteiger partial charge in [0, 0.05) is 36.4 Å². The molecule has 134 valence electrons. The molecule has 1 atom stereocenters. The van der Waals surface area contributed by atoms with E-state index in [0.29, 0.717) is 25.5 Å². The summed E-state index contributed by atoms with van der Waals surface area (Å²) in [7, 11) is 2.00. The van der Waals surface area contributed by atoms with Crippen LogP contribution in [0.3, 0.4) is 0 Å². The minimum Gasteiger partial charge on any atom is -0.368 e. The second-order valence-corrected chi connectivity index (χ2v) is 6.68. The Hall–Kier alpha value is -2.73. The van der Waals surface area contributed by atoms with Crippen LogP contribution < -0.4 is 0 Å². The predicted octanol–water partition coefficient (Wildman–Crippen LogP) is 2.80. The van der Waals surface area contributed by atoms with E-state index in [9.17, 15) is 4.79 Å². The molecule has 3 aromatic rings. The average Bonchev–Trinajstić information content (AvgIpc) is 2.92. The van der Waals surface area contributed by atoms with Crippen molar-refractivity contribution >= 4 is 16.8 Å². The van der Waals surface area contributed by atoms with Gasteiger partial charge in [-0.15, -0.1) is 0 Å². The van der Waals surface area contributed by atoms with Crippen LogP contribution in [-0.4, -0.2) is 45.0 Å². The number of rotatable bonds is 2. The van der Waals surface area contributed by atoms with E-state index in [0.717, 1.165) is 27.9 Å². The number of ether oxygens (including phenoxy) is 1. The molecule has 26 heavy (non-hydrogen) atoms. The molecule has 6 nitrogen and oxygen atoms in total. The second-order valence-electron chi connectivity index (χ2n) is 6.68. The lowest BCUT2D eigenvalue weighted by molar-refractivity contribution is -0.0248. The van der Waals surface area contributed by atoms with Crippen LogP contribution in [0.5, 0.6) is 0 Å². The number of carbonyl (C=O) groups excluding carboxylic acids is 1. The molecule has 1 aromatic carbocycles. The van der Waals surface area contributed by atoms with E-state index in [1.165, 1.54) is 0 Å².